The third-order valence-electron chi connectivity index (χ3n) is 3.09. The zero-order valence-corrected chi connectivity index (χ0v) is 10.3. The molecule has 0 unspecified atom stereocenters. The third kappa shape index (κ3) is 2.72. The molecule has 0 spiro atoms. The van der Waals surface area contributed by atoms with Crippen LogP contribution in [0.4, 0.5) is 0 Å². The molecular weight excluding hydrogens is 232 g/mol. The van der Waals surface area contributed by atoms with E-state index < -0.39 is 24.4 Å². The fraction of sp³-hybridized carbons (Fsp3) is 0.429. The molecule has 4 nitrogen and oxygen atoms in total. The van der Waals surface area contributed by atoms with Crippen molar-refractivity contribution in [2.75, 3.05) is 7.11 Å². The second-order valence-corrected chi connectivity index (χ2v) is 4.33. The molecule has 4 heteroatoms. The fourth-order valence-corrected chi connectivity index (χ4v) is 2.15. The van der Waals surface area contributed by atoms with Gasteiger partial charge in [-0.05, 0) is 18.1 Å². The summed E-state index contributed by atoms with van der Waals surface area (Å²) in [5.74, 6) is 0. The summed E-state index contributed by atoms with van der Waals surface area (Å²) in [6.45, 7) is 0. The first-order valence-corrected chi connectivity index (χ1v) is 5.98. The molecular formula is C14H18O4. The Balaban J connectivity index is 2.05. The molecule has 2 N–H and O–H groups in total. The van der Waals surface area contributed by atoms with Gasteiger partial charge in [-0.25, -0.2) is 0 Å². The number of benzene rings is 1. The molecule has 1 aliphatic heterocycles. The van der Waals surface area contributed by atoms with Crippen molar-refractivity contribution in [3.05, 3.63) is 48.2 Å². The number of rotatable bonds is 4. The van der Waals surface area contributed by atoms with E-state index in [1.165, 1.54) is 6.26 Å². The van der Waals surface area contributed by atoms with Crippen molar-refractivity contribution in [3.8, 4) is 0 Å². The van der Waals surface area contributed by atoms with Gasteiger partial charge in [0.15, 0.2) is 0 Å². The summed E-state index contributed by atoms with van der Waals surface area (Å²) in [6.07, 6.45) is 1.17. The average Bonchev–Trinajstić information content (AvgIpc) is 2.68. The Bertz CT molecular complexity index is 390. The van der Waals surface area contributed by atoms with Crippen molar-refractivity contribution in [2.45, 2.75) is 30.8 Å². The highest BCUT2D eigenvalue weighted by Gasteiger charge is 2.42. The second kappa shape index (κ2) is 6.00. The maximum absolute atomic E-state index is 10.0. The molecule has 98 valence electrons. The highest BCUT2D eigenvalue weighted by Crippen LogP contribution is 2.34. The topological polar surface area (TPSA) is 58.9 Å². The zero-order valence-electron chi connectivity index (χ0n) is 10.3. The number of methoxy groups -OCH3 is 1. The molecule has 18 heavy (non-hydrogen) atoms. The predicted molar refractivity (Wildman–Crippen MR) is 66.8 cm³/mol. The van der Waals surface area contributed by atoms with Crippen LogP contribution in [0.5, 0.6) is 0 Å². The van der Waals surface area contributed by atoms with Gasteiger partial charge in [-0.3, -0.25) is 0 Å². The highest BCUT2D eigenvalue weighted by atomic mass is 16.5. The Morgan fingerprint density at radius 3 is 2.61 bits per heavy atom. The van der Waals surface area contributed by atoms with Crippen LogP contribution in [0, 0.1) is 0 Å². The Morgan fingerprint density at radius 2 is 1.94 bits per heavy atom. The van der Waals surface area contributed by atoms with Gasteiger partial charge in [0, 0.05) is 0 Å². The van der Waals surface area contributed by atoms with Gasteiger partial charge in [-0.2, -0.15) is 0 Å². The van der Waals surface area contributed by atoms with Crippen LogP contribution in [0.15, 0.2) is 42.7 Å². The van der Waals surface area contributed by atoms with E-state index in [9.17, 15) is 10.2 Å². The Labute approximate surface area is 106 Å². The molecule has 1 aromatic rings. The first-order valence-electron chi connectivity index (χ1n) is 5.98. The van der Waals surface area contributed by atoms with Gasteiger partial charge in [0.05, 0.1) is 19.5 Å². The molecule has 0 aromatic heterocycles. The van der Waals surface area contributed by atoms with E-state index in [1.807, 2.05) is 30.3 Å². The van der Waals surface area contributed by atoms with Crippen LogP contribution in [-0.4, -0.2) is 35.6 Å². The van der Waals surface area contributed by atoms with Gasteiger partial charge in [0.1, 0.15) is 18.3 Å². The monoisotopic (exact) mass is 250 g/mol. The Hall–Kier alpha value is -1.36. The maximum Gasteiger partial charge on any atom is 0.113 e. The number of hydrogen-bond acceptors (Lipinski definition) is 4. The van der Waals surface area contributed by atoms with Crippen molar-refractivity contribution in [1.29, 1.82) is 0 Å². The molecule has 4 atom stereocenters. The number of aliphatic hydroxyl groups is 2. The van der Waals surface area contributed by atoms with Crippen LogP contribution in [0.25, 0.3) is 0 Å². The number of ether oxygens (including phenoxy) is 2. The van der Waals surface area contributed by atoms with Crippen LogP contribution in [0.3, 0.4) is 0 Å². The molecule has 0 bridgehead atoms. The molecule has 1 aromatic carbocycles. The second-order valence-electron chi connectivity index (χ2n) is 4.33. The highest BCUT2D eigenvalue weighted by molar-refractivity contribution is 5.20. The summed E-state index contributed by atoms with van der Waals surface area (Å²) in [4.78, 5) is 0. The van der Waals surface area contributed by atoms with Crippen LogP contribution in [0.2, 0.25) is 0 Å². The van der Waals surface area contributed by atoms with E-state index in [2.05, 4.69) is 0 Å². The van der Waals surface area contributed by atoms with Gasteiger partial charge in [0.25, 0.3) is 0 Å². The summed E-state index contributed by atoms with van der Waals surface area (Å²) in [6, 6.07) is 9.44. The molecule has 1 saturated heterocycles. The smallest absolute Gasteiger partial charge is 0.113 e. The number of hydrogen-bond donors (Lipinski definition) is 2. The minimum absolute atomic E-state index is 0.406. The first kappa shape index (κ1) is 13.1. The maximum atomic E-state index is 10.0. The minimum Gasteiger partial charge on any atom is -0.505 e. The van der Waals surface area contributed by atoms with Gasteiger partial charge in [-0.15, -0.1) is 0 Å². The lowest BCUT2D eigenvalue weighted by Gasteiger charge is -2.14. The summed E-state index contributed by atoms with van der Waals surface area (Å²) < 4.78 is 10.5. The van der Waals surface area contributed by atoms with E-state index in [0.717, 1.165) is 5.56 Å². The summed E-state index contributed by atoms with van der Waals surface area (Å²) in [7, 11) is 1.56. The van der Waals surface area contributed by atoms with Crippen LogP contribution in [0.1, 0.15) is 18.1 Å². The molecule has 0 saturated carbocycles. The molecule has 1 heterocycles. The molecule has 1 aliphatic rings. The van der Waals surface area contributed by atoms with Gasteiger partial charge in [0.2, 0.25) is 0 Å². The van der Waals surface area contributed by atoms with Crippen LogP contribution in [-0.2, 0) is 9.47 Å². The van der Waals surface area contributed by atoms with E-state index >= 15 is 0 Å². The summed E-state index contributed by atoms with van der Waals surface area (Å²) in [5, 5.41) is 19.9. The zero-order chi connectivity index (χ0) is 13.0. The van der Waals surface area contributed by atoms with Crippen molar-refractivity contribution in [1.82, 2.24) is 0 Å². The van der Waals surface area contributed by atoms with Crippen molar-refractivity contribution in [3.63, 3.8) is 0 Å². The predicted octanol–water partition coefficient (Wildman–Crippen LogP) is 1.40. The lowest BCUT2D eigenvalue weighted by molar-refractivity contribution is 0.00860. The van der Waals surface area contributed by atoms with E-state index in [0.29, 0.717) is 6.42 Å². The fourth-order valence-electron chi connectivity index (χ4n) is 2.15. The molecule has 0 radical (unpaired) electrons. The van der Waals surface area contributed by atoms with Crippen LogP contribution < -0.4 is 0 Å². The van der Waals surface area contributed by atoms with Crippen molar-refractivity contribution >= 4 is 0 Å². The summed E-state index contributed by atoms with van der Waals surface area (Å²) >= 11 is 0. The standard InChI is InChI=1S/C14H18O4/c1-17-9-5-8-11-12(15)13(16)14(18-11)10-6-3-2-4-7-10/h2-7,9,11-16H,8H2,1H3/b9-5+/t11-,12+,13+,14+/m0/s1. The summed E-state index contributed by atoms with van der Waals surface area (Å²) in [5.41, 5.74) is 0.877. The minimum atomic E-state index is -0.895. The number of aliphatic hydroxyl groups excluding tert-OH is 2. The van der Waals surface area contributed by atoms with E-state index in [1.54, 1.807) is 13.2 Å². The van der Waals surface area contributed by atoms with Gasteiger partial charge >= 0.3 is 0 Å². The van der Waals surface area contributed by atoms with Gasteiger partial charge < -0.3 is 19.7 Å². The lowest BCUT2D eigenvalue weighted by atomic mass is 10.0. The average molecular weight is 250 g/mol. The third-order valence-corrected chi connectivity index (χ3v) is 3.09. The molecule has 2 rings (SSSR count). The lowest BCUT2D eigenvalue weighted by Crippen LogP contribution is -2.30. The Kier molecular flexibility index (Phi) is 4.36. The van der Waals surface area contributed by atoms with E-state index in [-0.39, 0.29) is 0 Å². The van der Waals surface area contributed by atoms with Crippen molar-refractivity contribution in [2.24, 2.45) is 0 Å². The quantitative estimate of drug-likeness (QED) is 0.793. The first-order chi connectivity index (χ1) is 8.74. The molecule has 0 amide bonds. The molecule has 0 aliphatic carbocycles. The van der Waals surface area contributed by atoms with Crippen molar-refractivity contribution < 1.29 is 19.7 Å². The molecule has 1 fully saturated rings. The SMILES string of the molecule is CO/C=C/C[C@@H]1O[C@H](c2ccccc2)[C@H](O)[C@@H]1O. The van der Waals surface area contributed by atoms with Gasteiger partial charge in [-0.1, -0.05) is 30.3 Å². The Morgan fingerprint density at radius 1 is 1.22 bits per heavy atom. The largest absolute Gasteiger partial charge is 0.505 e. The normalized spacial score (nSPS) is 31.9. The van der Waals surface area contributed by atoms with Crippen LogP contribution >= 0.6 is 0 Å². The van der Waals surface area contributed by atoms with E-state index in [4.69, 9.17) is 9.47 Å².